The Hall–Kier alpha value is -2.56. The van der Waals surface area contributed by atoms with Gasteiger partial charge in [-0.2, -0.15) is 0 Å². The fraction of sp³-hybridized carbons (Fsp3) is 0.211. The largest absolute Gasteiger partial charge is 0.440 e. The van der Waals surface area contributed by atoms with E-state index in [0.29, 0.717) is 42.4 Å². The molecule has 2 aliphatic rings. The first-order valence-corrected chi connectivity index (χ1v) is 9.94. The number of benzene rings is 1. The molecule has 29 heavy (non-hydrogen) atoms. The molecule has 2 amide bonds. The van der Waals surface area contributed by atoms with Gasteiger partial charge in [-0.25, -0.2) is 9.29 Å². The summed E-state index contributed by atoms with van der Waals surface area (Å²) in [5.41, 5.74) is -0.250. The van der Waals surface area contributed by atoms with Crippen LogP contribution < -0.4 is 15.1 Å². The third-order valence-electron chi connectivity index (χ3n) is 4.47. The average molecular weight is 480 g/mol. The molecule has 3 heterocycles. The lowest BCUT2D eigenvalue weighted by Crippen LogP contribution is -2.54. The molecule has 2 aliphatic heterocycles. The highest BCUT2D eigenvalue weighted by Gasteiger charge is 2.36. The molecule has 0 bridgehead atoms. The van der Waals surface area contributed by atoms with Crippen LogP contribution in [0.5, 0.6) is 0 Å². The molecule has 0 unspecified atom stereocenters. The van der Waals surface area contributed by atoms with E-state index in [4.69, 9.17) is 21.4 Å². The first-order chi connectivity index (χ1) is 14.0. The number of para-hydroxylation sites is 1. The summed E-state index contributed by atoms with van der Waals surface area (Å²) in [5.74, 6) is -1.14. The number of thiocarbonyl (C=S) groups is 1. The summed E-state index contributed by atoms with van der Waals surface area (Å²) in [5, 5.41) is 2.24. The molecule has 0 spiro atoms. The standard InChI is InChI=1S/C19H15BrFN3O4S/c20-13-10-11(28-18(13)23-5-7-27-8-6-23)9-12-16(25)22-19(29)24(17(12)26)15-4-2-1-3-14(15)21/h1-4,9-10H,5-8H2,(H,22,25,29). The summed E-state index contributed by atoms with van der Waals surface area (Å²) in [6.07, 6.45) is 1.32. The van der Waals surface area contributed by atoms with E-state index in [-0.39, 0.29) is 16.4 Å². The van der Waals surface area contributed by atoms with E-state index in [1.165, 1.54) is 24.3 Å². The van der Waals surface area contributed by atoms with Crippen molar-refractivity contribution >= 4 is 62.7 Å². The number of nitrogens with one attached hydrogen (secondary N) is 1. The van der Waals surface area contributed by atoms with Crippen molar-refractivity contribution in [3.05, 3.63) is 52.0 Å². The highest BCUT2D eigenvalue weighted by atomic mass is 79.9. The number of furan rings is 1. The molecular weight excluding hydrogens is 465 g/mol. The average Bonchev–Trinajstić information content (AvgIpc) is 3.07. The summed E-state index contributed by atoms with van der Waals surface area (Å²) in [6.45, 7) is 2.49. The first-order valence-electron chi connectivity index (χ1n) is 8.73. The Morgan fingerprint density at radius 3 is 2.66 bits per heavy atom. The summed E-state index contributed by atoms with van der Waals surface area (Å²) >= 11 is 8.52. The van der Waals surface area contributed by atoms with Gasteiger partial charge in [0.25, 0.3) is 11.8 Å². The predicted molar refractivity (Wildman–Crippen MR) is 112 cm³/mol. The molecule has 7 nitrogen and oxygen atoms in total. The van der Waals surface area contributed by atoms with Crippen LogP contribution in [0.15, 0.2) is 44.8 Å². The summed E-state index contributed by atoms with van der Waals surface area (Å²) in [7, 11) is 0. The van der Waals surface area contributed by atoms with Crippen molar-refractivity contribution in [2.75, 3.05) is 36.1 Å². The molecule has 2 fully saturated rings. The van der Waals surface area contributed by atoms with E-state index in [9.17, 15) is 14.0 Å². The monoisotopic (exact) mass is 479 g/mol. The van der Waals surface area contributed by atoms with Crippen molar-refractivity contribution in [1.29, 1.82) is 0 Å². The molecule has 0 aliphatic carbocycles. The molecule has 1 N–H and O–H groups in total. The van der Waals surface area contributed by atoms with Crippen molar-refractivity contribution < 1.29 is 23.1 Å². The highest BCUT2D eigenvalue weighted by molar-refractivity contribution is 9.10. The lowest BCUT2D eigenvalue weighted by Gasteiger charge is -2.29. The Morgan fingerprint density at radius 2 is 1.93 bits per heavy atom. The molecule has 1 aromatic carbocycles. The van der Waals surface area contributed by atoms with Gasteiger partial charge in [-0.3, -0.25) is 14.9 Å². The number of carbonyl (C=O) groups excluding carboxylic acids is 2. The van der Waals surface area contributed by atoms with E-state index in [2.05, 4.69) is 21.2 Å². The highest BCUT2D eigenvalue weighted by Crippen LogP contribution is 2.32. The first kappa shape index (κ1) is 19.7. The molecule has 10 heteroatoms. The summed E-state index contributed by atoms with van der Waals surface area (Å²) < 4.78 is 26.1. The van der Waals surface area contributed by atoms with Gasteiger partial charge in [0.1, 0.15) is 17.2 Å². The molecule has 1 aromatic heterocycles. The third-order valence-corrected chi connectivity index (χ3v) is 5.32. The Labute approximate surface area is 179 Å². The van der Waals surface area contributed by atoms with Crippen LogP contribution in [0.25, 0.3) is 6.08 Å². The number of hydrogen-bond acceptors (Lipinski definition) is 6. The van der Waals surface area contributed by atoms with Crippen molar-refractivity contribution in [3.63, 3.8) is 0 Å². The Morgan fingerprint density at radius 1 is 1.21 bits per heavy atom. The van der Waals surface area contributed by atoms with Crippen LogP contribution in [-0.4, -0.2) is 43.2 Å². The Kier molecular flexibility index (Phi) is 5.48. The summed E-state index contributed by atoms with van der Waals surface area (Å²) in [6, 6.07) is 7.36. The van der Waals surface area contributed by atoms with Gasteiger partial charge in [0.15, 0.2) is 5.11 Å². The number of amides is 2. The lowest BCUT2D eigenvalue weighted by molar-refractivity contribution is -0.122. The zero-order chi connectivity index (χ0) is 20.5. The zero-order valence-corrected chi connectivity index (χ0v) is 17.4. The van der Waals surface area contributed by atoms with E-state index in [1.54, 1.807) is 12.1 Å². The van der Waals surface area contributed by atoms with Gasteiger partial charge in [-0.15, -0.1) is 0 Å². The minimum absolute atomic E-state index is 0.0389. The van der Waals surface area contributed by atoms with E-state index in [1.807, 2.05) is 4.90 Å². The number of morpholine rings is 1. The smallest absolute Gasteiger partial charge is 0.270 e. The zero-order valence-electron chi connectivity index (χ0n) is 15.0. The molecule has 2 aromatic rings. The number of carbonyl (C=O) groups is 2. The Balaban J connectivity index is 1.67. The van der Waals surface area contributed by atoms with Gasteiger partial charge < -0.3 is 14.1 Å². The van der Waals surface area contributed by atoms with Crippen LogP contribution in [-0.2, 0) is 14.3 Å². The molecule has 0 saturated carbocycles. The fourth-order valence-corrected chi connectivity index (χ4v) is 3.91. The van der Waals surface area contributed by atoms with Crippen molar-refractivity contribution in [3.8, 4) is 0 Å². The molecule has 0 atom stereocenters. The molecule has 0 radical (unpaired) electrons. The van der Waals surface area contributed by atoms with E-state index in [0.717, 1.165) is 4.90 Å². The van der Waals surface area contributed by atoms with Gasteiger partial charge in [0.2, 0.25) is 5.88 Å². The number of halogens is 2. The maximum absolute atomic E-state index is 14.2. The molecule has 4 rings (SSSR count). The minimum atomic E-state index is -0.732. The van der Waals surface area contributed by atoms with Gasteiger partial charge in [0.05, 0.1) is 23.4 Å². The van der Waals surface area contributed by atoms with Crippen molar-refractivity contribution in [2.45, 2.75) is 0 Å². The van der Waals surface area contributed by atoms with Crippen LogP contribution in [0, 0.1) is 5.82 Å². The Bertz CT molecular complexity index is 1030. The van der Waals surface area contributed by atoms with Crippen molar-refractivity contribution in [2.24, 2.45) is 0 Å². The fourth-order valence-electron chi connectivity index (χ4n) is 3.08. The minimum Gasteiger partial charge on any atom is -0.440 e. The number of ether oxygens (including phenoxy) is 1. The van der Waals surface area contributed by atoms with E-state index >= 15 is 0 Å². The second-order valence-corrected chi connectivity index (χ2v) is 7.55. The maximum Gasteiger partial charge on any atom is 0.270 e. The molecule has 150 valence electrons. The van der Waals surface area contributed by atoms with Crippen LogP contribution in [0.3, 0.4) is 0 Å². The predicted octanol–water partition coefficient (Wildman–Crippen LogP) is 2.85. The SMILES string of the molecule is O=C1NC(=S)N(c2ccccc2F)C(=O)C1=Cc1cc(Br)c(N2CCOCC2)o1. The maximum atomic E-state index is 14.2. The van der Waals surface area contributed by atoms with Gasteiger partial charge in [-0.05, 0) is 46.4 Å². The number of nitrogens with zero attached hydrogens (tertiary/aromatic N) is 2. The molecular formula is C19H15BrFN3O4S. The lowest BCUT2D eigenvalue weighted by atomic mass is 10.1. The van der Waals surface area contributed by atoms with Crippen molar-refractivity contribution in [1.82, 2.24) is 5.32 Å². The number of hydrogen-bond donors (Lipinski definition) is 1. The van der Waals surface area contributed by atoms with Gasteiger partial charge in [0, 0.05) is 19.2 Å². The molecule has 2 saturated heterocycles. The van der Waals surface area contributed by atoms with Crippen LogP contribution in [0.2, 0.25) is 0 Å². The van der Waals surface area contributed by atoms with Gasteiger partial charge >= 0.3 is 0 Å². The normalized spacial score (nSPS) is 19.1. The second-order valence-electron chi connectivity index (χ2n) is 6.31. The topological polar surface area (TPSA) is 75.0 Å². The third kappa shape index (κ3) is 3.83. The van der Waals surface area contributed by atoms with Crippen LogP contribution >= 0.6 is 28.1 Å². The number of anilines is 2. The van der Waals surface area contributed by atoms with Gasteiger partial charge in [-0.1, -0.05) is 12.1 Å². The summed E-state index contributed by atoms with van der Waals surface area (Å²) in [4.78, 5) is 28.3. The number of rotatable bonds is 3. The van der Waals surface area contributed by atoms with E-state index < -0.39 is 17.6 Å². The van der Waals surface area contributed by atoms with Crippen LogP contribution in [0.4, 0.5) is 16.0 Å². The second kappa shape index (κ2) is 8.05. The quantitative estimate of drug-likeness (QED) is 0.414. The van der Waals surface area contributed by atoms with Crippen LogP contribution in [0.1, 0.15) is 5.76 Å².